The predicted octanol–water partition coefficient (Wildman–Crippen LogP) is 5.38. The lowest BCUT2D eigenvalue weighted by Crippen LogP contribution is -2.14. The van der Waals surface area contributed by atoms with Crippen LogP contribution in [0.1, 0.15) is 0 Å². The van der Waals surface area contributed by atoms with Crippen LogP contribution in [-0.4, -0.2) is 21.9 Å². The second-order valence-corrected chi connectivity index (χ2v) is 7.75. The van der Waals surface area contributed by atoms with Crippen LogP contribution in [0.2, 0.25) is 10.0 Å². The normalized spacial score (nSPS) is 10.7. The van der Waals surface area contributed by atoms with E-state index in [1.54, 1.807) is 18.2 Å². The third kappa shape index (κ3) is 4.87. The largest absolute Gasteiger partial charge is 0.411 e. The number of anilines is 1. The van der Waals surface area contributed by atoms with Gasteiger partial charge in [0.15, 0.2) is 0 Å². The molecular weight excluding hydrogens is 496 g/mol. The molecule has 0 bridgehead atoms. The first kappa shape index (κ1) is 18.5. The number of nitrogens with one attached hydrogen (secondary N) is 1. The Labute approximate surface area is 171 Å². The smallest absolute Gasteiger partial charge is 0.277 e. The van der Waals surface area contributed by atoms with E-state index >= 15 is 0 Å². The number of hydrogen-bond acceptors (Lipinski definition) is 5. The molecule has 0 saturated heterocycles. The van der Waals surface area contributed by atoms with E-state index in [0.29, 0.717) is 20.8 Å². The van der Waals surface area contributed by atoms with E-state index in [1.807, 2.05) is 24.3 Å². The Kier molecular flexibility index (Phi) is 6.21. The molecule has 0 aliphatic carbocycles. The molecule has 0 unspecified atom stereocenters. The SMILES string of the molecule is O=C(CSc1nnc(-c2ccc(Cl)cc2Cl)o1)Nc1ccccc1I. The molecule has 0 aliphatic heterocycles. The highest BCUT2D eigenvalue weighted by atomic mass is 127. The Balaban J connectivity index is 1.62. The van der Waals surface area contributed by atoms with Crippen LogP contribution in [0, 0.1) is 3.57 Å². The van der Waals surface area contributed by atoms with Crippen molar-refractivity contribution in [2.24, 2.45) is 0 Å². The number of halogens is 3. The molecule has 1 N–H and O–H groups in total. The van der Waals surface area contributed by atoms with Crippen LogP contribution in [-0.2, 0) is 4.79 Å². The lowest BCUT2D eigenvalue weighted by Gasteiger charge is -2.05. The summed E-state index contributed by atoms with van der Waals surface area (Å²) in [6.07, 6.45) is 0. The summed E-state index contributed by atoms with van der Waals surface area (Å²) in [5.74, 6) is 0.279. The van der Waals surface area contributed by atoms with Crippen LogP contribution in [0.3, 0.4) is 0 Å². The lowest BCUT2D eigenvalue weighted by atomic mass is 10.2. The molecule has 1 amide bonds. The predicted molar refractivity (Wildman–Crippen MR) is 108 cm³/mol. The molecule has 0 fully saturated rings. The van der Waals surface area contributed by atoms with E-state index in [2.05, 4.69) is 38.1 Å². The Morgan fingerprint density at radius 2 is 2.00 bits per heavy atom. The van der Waals surface area contributed by atoms with E-state index < -0.39 is 0 Å². The summed E-state index contributed by atoms with van der Waals surface area (Å²) < 4.78 is 6.51. The molecule has 0 aliphatic rings. The Morgan fingerprint density at radius 3 is 2.76 bits per heavy atom. The minimum Gasteiger partial charge on any atom is -0.411 e. The molecule has 1 aromatic heterocycles. The second-order valence-electron chi connectivity index (χ2n) is 4.81. The number of carbonyl (C=O) groups excluding carboxylic acids is 1. The number of nitrogens with zero attached hydrogens (tertiary/aromatic N) is 2. The van der Waals surface area contributed by atoms with Gasteiger partial charge >= 0.3 is 0 Å². The van der Waals surface area contributed by atoms with Gasteiger partial charge in [0.25, 0.3) is 5.22 Å². The number of carbonyl (C=O) groups is 1. The summed E-state index contributed by atoms with van der Waals surface area (Å²) in [5.41, 5.74) is 1.36. The molecule has 25 heavy (non-hydrogen) atoms. The molecule has 9 heteroatoms. The maximum Gasteiger partial charge on any atom is 0.277 e. The van der Waals surface area contributed by atoms with Gasteiger partial charge in [-0.25, -0.2) is 0 Å². The molecule has 0 radical (unpaired) electrons. The molecule has 0 spiro atoms. The zero-order valence-corrected chi connectivity index (χ0v) is 17.0. The highest BCUT2D eigenvalue weighted by Gasteiger charge is 2.14. The highest BCUT2D eigenvalue weighted by molar-refractivity contribution is 14.1. The van der Waals surface area contributed by atoms with Gasteiger partial charge in [-0.1, -0.05) is 47.1 Å². The van der Waals surface area contributed by atoms with E-state index in [9.17, 15) is 4.79 Å². The molecule has 3 rings (SSSR count). The van der Waals surface area contributed by atoms with Crippen molar-refractivity contribution in [1.82, 2.24) is 10.2 Å². The minimum atomic E-state index is -0.154. The zero-order valence-electron chi connectivity index (χ0n) is 12.5. The Morgan fingerprint density at radius 1 is 1.20 bits per heavy atom. The van der Waals surface area contributed by atoms with Gasteiger partial charge in [0, 0.05) is 8.59 Å². The molecule has 128 valence electrons. The maximum atomic E-state index is 12.0. The van der Waals surface area contributed by atoms with Gasteiger partial charge in [0.2, 0.25) is 11.8 Å². The zero-order chi connectivity index (χ0) is 17.8. The standard InChI is InChI=1S/C16H10Cl2IN3O2S/c17-9-5-6-10(11(18)7-9)15-21-22-16(24-15)25-8-14(23)20-13-4-2-1-3-12(13)19/h1-7H,8H2,(H,20,23). The first-order chi connectivity index (χ1) is 12.0. The average molecular weight is 506 g/mol. The summed E-state index contributed by atoms with van der Waals surface area (Å²) in [6.45, 7) is 0. The topological polar surface area (TPSA) is 68.0 Å². The molecule has 5 nitrogen and oxygen atoms in total. The van der Waals surface area contributed by atoms with Gasteiger partial charge in [0.05, 0.1) is 22.0 Å². The van der Waals surface area contributed by atoms with Crippen LogP contribution in [0.25, 0.3) is 11.5 Å². The summed E-state index contributed by atoms with van der Waals surface area (Å²) in [4.78, 5) is 12.0. The molecule has 0 atom stereocenters. The van der Waals surface area contributed by atoms with E-state index in [1.165, 1.54) is 0 Å². The molecule has 1 heterocycles. The Hall–Kier alpha value is -1.29. The van der Waals surface area contributed by atoms with Gasteiger partial charge in [-0.3, -0.25) is 4.79 Å². The fourth-order valence-corrected chi connectivity index (χ4v) is 3.49. The summed E-state index contributed by atoms with van der Waals surface area (Å²) >= 11 is 15.3. The van der Waals surface area contributed by atoms with Gasteiger partial charge in [-0.2, -0.15) is 0 Å². The van der Waals surface area contributed by atoms with E-state index in [4.69, 9.17) is 27.6 Å². The number of para-hydroxylation sites is 1. The first-order valence-corrected chi connectivity index (χ1v) is 9.81. The van der Waals surface area contributed by atoms with Gasteiger partial charge in [-0.05, 0) is 52.9 Å². The molecular formula is C16H10Cl2IN3O2S. The van der Waals surface area contributed by atoms with Crippen molar-refractivity contribution in [3.63, 3.8) is 0 Å². The number of thioether (sulfide) groups is 1. The van der Waals surface area contributed by atoms with Crippen molar-refractivity contribution in [3.8, 4) is 11.5 Å². The monoisotopic (exact) mass is 505 g/mol. The fourth-order valence-electron chi connectivity index (χ4n) is 1.92. The van der Waals surface area contributed by atoms with Gasteiger partial charge in [0.1, 0.15) is 0 Å². The average Bonchev–Trinajstić information content (AvgIpc) is 3.04. The van der Waals surface area contributed by atoms with Crippen molar-refractivity contribution in [2.75, 3.05) is 11.1 Å². The number of rotatable bonds is 5. The van der Waals surface area contributed by atoms with Crippen LogP contribution >= 0.6 is 57.6 Å². The summed E-state index contributed by atoms with van der Waals surface area (Å²) in [7, 11) is 0. The molecule has 0 saturated carbocycles. The third-order valence-electron chi connectivity index (χ3n) is 3.04. The Bertz CT molecular complexity index is 920. The van der Waals surface area contributed by atoms with Crippen LogP contribution in [0.15, 0.2) is 52.1 Å². The molecule has 2 aromatic carbocycles. The van der Waals surface area contributed by atoms with Crippen LogP contribution in [0.5, 0.6) is 0 Å². The van der Waals surface area contributed by atoms with Crippen molar-refractivity contribution < 1.29 is 9.21 Å². The second kappa shape index (κ2) is 8.39. The van der Waals surface area contributed by atoms with Crippen molar-refractivity contribution >= 4 is 69.1 Å². The quantitative estimate of drug-likeness (QED) is 0.372. The van der Waals surface area contributed by atoms with Crippen molar-refractivity contribution in [1.29, 1.82) is 0 Å². The van der Waals surface area contributed by atoms with E-state index in [-0.39, 0.29) is 17.6 Å². The number of hydrogen-bond donors (Lipinski definition) is 1. The lowest BCUT2D eigenvalue weighted by molar-refractivity contribution is -0.113. The first-order valence-electron chi connectivity index (χ1n) is 6.99. The highest BCUT2D eigenvalue weighted by Crippen LogP contribution is 2.31. The molecule has 3 aromatic rings. The summed E-state index contributed by atoms with van der Waals surface area (Å²) in [6, 6.07) is 12.5. The van der Waals surface area contributed by atoms with Crippen molar-refractivity contribution in [2.45, 2.75) is 5.22 Å². The van der Waals surface area contributed by atoms with Crippen molar-refractivity contribution in [3.05, 3.63) is 56.1 Å². The van der Waals surface area contributed by atoms with Crippen LogP contribution < -0.4 is 5.32 Å². The number of benzene rings is 2. The number of amides is 1. The third-order valence-corrected chi connectivity index (χ3v) is 5.35. The summed E-state index contributed by atoms with van der Waals surface area (Å²) in [5, 5.41) is 12.0. The maximum absolute atomic E-state index is 12.0. The number of aromatic nitrogens is 2. The van der Waals surface area contributed by atoms with Gasteiger partial charge in [-0.15, -0.1) is 10.2 Å². The fraction of sp³-hybridized carbons (Fsp3) is 0.0625. The minimum absolute atomic E-state index is 0.154. The van der Waals surface area contributed by atoms with Gasteiger partial charge < -0.3 is 9.73 Å². The van der Waals surface area contributed by atoms with E-state index in [0.717, 1.165) is 21.0 Å². The van der Waals surface area contributed by atoms with Crippen LogP contribution in [0.4, 0.5) is 5.69 Å².